The summed E-state index contributed by atoms with van der Waals surface area (Å²) >= 11 is 0. The minimum Gasteiger partial charge on any atom is -0.317 e. The maximum absolute atomic E-state index is 3.33. The highest BCUT2D eigenvalue weighted by atomic mass is 15.3. The molecule has 2 aliphatic rings. The summed E-state index contributed by atoms with van der Waals surface area (Å²) in [5.41, 5.74) is 0. The third-order valence-corrected chi connectivity index (χ3v) is 4.89. The van der Waals surface area contributed by atoms with Gasteiger partial charge in [0.25, 0.3) is 0 Å². The Balaban J connectivity index is 1.75. The number of piperidine rings is 1. The van der Waals surface area contributed by atoms with Crippen molar-refractivity contribution in [3.8, 4) is 0 Å². The quantitative estimate of drug-likeness (QED) is 0.808. The Bertz CT molecular complexity index is 244. The van der Waals surface area contributed by atoms with Gasteiger partial charge in [-0.25, -0.2) is 0 Å². The monoisotopic (exact) mass is 253 g/mol. The first-order valence-corrected chi connectivity index (χ1v) is 7.86. The van der Waals surface area contributed by atoms with Gasteiger partial charge in [-0.15, -0.1) is 0 Å². The van der Waals surface area contributed by atoms with Crippen molar-refractivity contribution in [2.75, 3.05) is 33.2 Å². The lowest BCUT2D eigenvalue weighted by Crippen LogP contribution is -2.58. The van der Waals surface area contributed by atoms with E-state index in [1.807, 2.05) is 0 Å². The molecule has 3 nitrogen and oxygen atoms in total. The number of rotatable bonds is 5. The molecule has 0 radical (unpaired) electrons. The molecule has 18 heavy (non-hydrogen) atoms. The maximum Gasteiger partial charge on any atom is 0.0223 e. The van der Waals surface area contributed by atoms with E-state index in [0.717, 1.165) is 12.1 Å². The van der Waals surface area contributed by atoms with E-state index in [4.69, 9.17) is 0 Å². The summed E-state index contributed by atoms with van der Waals surface area (Å²) < 4.78 is 0. The smallest absolute Gasteiger partial charge is 0.0223 e. The standard InChI is InChI=1S/C15H31N3/c1-13(16-3)7-6-10-17-12-15-8-4-5-9-18(15)11-14(17)2/h13-16H,4-12H2,1-3H3. The molecule has 0 amide bonds. The third-order valence-electron chi connectivity index (χ3n) is 4.89. The number of piperazine rings is 1. The van der Waals surface area contributed by atoms with Crippen LogP contribution in [0.3, 0.4) is 0 Å². The van der Waals surface area contributed by atoms with Gasteiger partial charge in [0.2, 0.25) is 0 Å². The maximum atomic E-state index is 3.33. The van der Waals surface area contributed by atoms with Gasteiger partial charge in [0, 0.05) is 31.2 Å². The van der Waals surface area contributed by atoms with E-state index < -0.39 is 0 Å². The fourth-order valence-corrected chi connectivity index (χ4v) is 3.47. The number of hydrogen-bond donors (Lipinski definition) is 1. The predicted molar refractivity (Wildman–Crippen MR) is 78.0 cm³/mol. The van der Waals surface area contributed by atoms with Crippen molar-refractivity contribution in [2.45, 2.75) is 64.1 Å². The topological polar surface area (TPSA) is 18.5 Å². The molecule has 0 aliphatic carbocycles. The molecule has 2 fully saturated rings. The molecular weight excluding hydrogens is 222 g/mol. The fraction of sp³-hybridized carbons (Fsp3) is 1.00. The summed E-state index contributed by atoms with van der Waals surface area (Å²) in [7, 11) is 2.06. The molecule has 0 bridgehead atoms. The highest BCUT2D eigenvalue weighted by molar-refractivity contribution is 4.89. The van der Waals surface area contributed by atoms with Crippen molar-refractivity contribution in [1.29, 1.82) is 0 Å². The van der Waals surface area contributed by atoms with Gasteiger partial charge >= 0.3 is 0 Å². The molecule has 2 rings (SSSR count). The third kappa shape index (κ3) is 3.69. The summed E-state index contributed by atoms with van der Waals surface area (Å²) in [5, 5.41) is 3.33. The van der Waals surface area contributed by atoms with Crippen LogP contribution in [0.4, 0.5) is 0 Å². The van der Waals surface area contributed by atoms with Gasteiger partial charge in [0.15, 0.2) is 0 Å². The minimum absolute atomic E-state index is 0.663. The lowest BCUT2D eigenvalue weighted by Gasteiger charge is -2.47. The van der Waals surface area contributed by atoms with Crippen LogP contribution in [0.15, 0.2) is 0 Å². The molecule has 2 heterocycles. The largest absolute Gasteiger partial charge is 0.317 e. The van der Waals surface area contributed by atoms with E-state index in [-0.39, 0.29) is 0 Å². The molecule has 2 aliphatic heterocycles. The molecule has 0 aromatic rings. The second-order valence-corrected chi connectivity index (χ2v) is 6.32. The van der Waals surface area contributed by atoms with Crippen molar-refractivity contribution >= 4 is 0 Å². The Kier molecular flexibility index (Phi) is 5.46. The normalized spacial score (nSPS) is 32.2. The zero-order chi connectivity index (χ0) is 13.0. The molecule has 0 aromatic heterocycles. The molecule has 3 unspecified atom stereocenters. The molecule has 1 N–H and O–H groups in total. The molecule has 106 valence electrons. The second kappa shape index (κ2) is 6.88. The van der Waals surface area contributed by atoms with Crippen LogP contribution in [0.5, 0.6) is 0 Å². The number of nitrogens with zero attached hydrogens (tertiary/aromatic N) is 2. The Labute approximate surface area is 113 Å². The number of fused-ring (bicyclic) bond motifs is 1. The molecule has 0 spiro atoms. The Hall–Kier alpha value is -0.120. The summed E-state index contributed by atoms with van der Waals surface area (Å²) in [6.07, 6.45) is 6.92. The number of hydrogen-bond acceptors (Lipinski definition) is 3. The zero-order valence-corrected chi connectivity index (χ0v) is 12.5. The molecule has 0 saturated carbocycles. The van der Waals surface area contributed by atoms with Crippen molar-refractivity contribution in [1.82, 2.24) is 15.1 Å². The lowest BCUT2D eigenvalue weighted by molar-refractivity contribution is 0.0144. The fourth-order valence-electron chi connectivity index (χ4n) is 3.47. The predicted octanol–water partition coefficient (Wildman–Crippen LogP) is 1.93. The van der Waals surface area contributed by atoms with Gasteiger partial charge in [-0.3, -0.25) is 9.80 Å². The van der Waals surface area contributed by atoms with Crippen LogP contribution in [-0.2, 0) is 0 Å². The zero-order valence-electron chi connectivity index (χ0n) is 12.5. The van der Waals surface area contributed by atoms with Gasteiger partial charge in [-0.2, -0.15) is 0 Å². The van der Waals surface area contributed by atoms with Gasteiger partial charge in [-0.05, 0) is 59.7 Å². The van der Waals surface area contributed by atoms with Gasteiger partial charge in [0.1, 0.15) is 0 Å². The SMILES string of the molecule is CNC(C)CCCN1CC2CCCCN2CC1C. The molecule has 0 aromatic carbocycles. The Morgan fingerprint density at radius 3 is 2.89 bits per heavy atom. The van der Waals surface area contributed by atoms with Crippen LogP contribution in [0.1, 0.15) is 46.0 Å². The summed E-state index contributed by atoms with van der Waals surface area (Å²) in [4.78, 5) is 5.47. The van der Waals surface area contributed by atoms with E-state index in [1.165, 1.54) is 58.3 Å². The van der Waals surface area contributed by atoms with E-state index in [0.29, 0.717) is 6.04 Å². The van der Waals surface area contributed by atoms with E-state index >= 15 is 0 Å². The van der Waals surface area contributed by atoms with E-state index in [1.54, 1.807) is 0 Å². The highest BCUT2D eigenvalue weighted by Gasteiger charge is 2.32. The van der Waals surface area contributed by atoms with Crippen molar-refractivity contribution < 1.29 is 0 Å². The van der Waals surface area contributed by atoms with Gasteiger partial charge in [-0.1, -0.05) is 6.42 Å². The van der Waals surface area contributed by atoms with Crippen molar-refractivity contribution in [2.24, 2.45) is 0 Å². The Morgan fingerprint density at radius 2 is 2.11 bits per heavy atom. The summed E-state index contributed by atoms with van der Waals surface area (Å²) in [6, 6.07) is 2.28. The van der Waals surface area contributed by atoms with Crippen LogP contribution in [0, 0.1) is 0 Å². The first-order valence-electron chi connectivity index (χ1n) is 7.86. The van der Waals surface area contributed by atoms with Gasteiger partial charge in [0.05, 0.1) is 0 Å². The van der Waals surface area contributed by atoms with E-state index in [9.17, 15) is 0 Å². The Morgan fingerprint density at radius 1 is 1.28 bits per heavy atom. The van der Waals surface area contributed by atoms with Gasteiger partial charge < -0.3 is 5.32 Å². The van der Waals surface area contributed by atoms with Crippen LogP contribution >= 0.6 is 0 Å². The van der Waals surface area contributed by atoms with Crippen molar-refractivity contribution in [3.05, 3.63) is 0 Å². The number of nitrogens with one attached hydrogen (secondary N) is 1. The highest BCUT2D eigenvalue weighted by Crippen LogP contribution is 2.24. The van der Waals surface area contributed by atoms with Crippen LogP contribution in [0.25, 0.3) is 0 Å². The summed E-state index contributed by atoms with van der Waals surface area (Å²) in [6.45, 7) is 9.94. The first-order chi connectivity index (χ1) is 8.70. The van der Waals surface area contributed by atoms with Crippen LogP contribution in [0.2, 0.25) is 0 Å². The summed E-state index contributed by atoms with van der Waals surface area (Å²) in [5.74, 6) is 0. The average molecular weight is 253 g/mol. The van der Waals surface area contributed by atoms with Crippen LogP contribution in [-0.4, -0.2) is 61.2 Å². The molecule has 3 atom stereocenters. The molecule has 3 heteroatoms. The molecule has 2 saturated heterocycles. The minimum atomic E-state index is 0.663. The average Bonchev–Trinajstić information content (AvgIpc) is 2.39. The van der Waals surface area contributed by atoms with Crippen molar-refractivity contribution in [3.63, 3.8) is 0 Å². The lowest BCUT2D eigenvalue weighted by atomic mass is 9.97. The molecular formula is C15H31N3. The first kappa shape index (κ1) is 14.3. The van der Waals surface area contributed by atoms with E-state index in [2.05, 4.69) is 36.0 Å². The second-order valence-electron chi connectivity index (χ2n) is 6.32. The van der Waals surface area contributed by atoms with Crippen LogP contribution < -0.4 is 5.32 Å².